The number of aliphatic hydroxyl groups excluding tert-OH is 2. The van der Waals surface area contributed by atoms with Gasteiger partial charge in [-0.25, -0.2) is 4.79 Å². The van der Waals surface area contributed by atoms with Crippen LogP contribution in [0.4, 0.5) is 4.79 Å². The maximum absolute atomic E-state index is 15.2. The van der Waals surface area contributed by atoms with Crippen LogP contribution in [0.2, 0.25) is 0 Å². The van der Waals surface area contributed by atoms with Gasteiger partial charge >= 0.3 is 6.09 Å². The summed E-state index contributed by atoms with van der Waals surface area (Å²) in [4.78, 5) is 24.4. The van der Waals surface area contributed by atoms with E-state index in [-0.39, 0.29) is 70.5 Å². The molecule has 7 atom stereocenters. The van der Waals surface area contributed by atoms with Crippen LogP contribution >= 0.6 is 11.8 Å². The van der Waals surface area contributed by atoms with E-state index in [1.807, 2.05) is 91.2 Å². The van der Waals surface area contributed by atoms with E-state index in [0.717, 1.165) is 65.7 Å². The molecular formula is C57H68N2O12S. The zero-order valence-electron chi connectivity index (χ0n) is 41.2. The van der Waals surface area contributed by atoms with Crippen LogP contribution in [0.1, 0.15) is 86.8 Å². The first kappa shape index (κ1) is 51.4. The molecule has 1 unspecified atom stereocenters. The first-order valence-corrected chi connectivity index (χ1v) is 26.7. The van der Waals surface area contributed by atoms with Gasteiger partial charge in [0, 0.05) is 49.0 Å². The van der Waals surface area contributed by atoms with Crippen molar-refractivity contribution in [3.05, 3.63) is 132 Å². The molecule has 1 saturated carbocycles. The highest BCUT2D eigenvalue weighted by Gasteiger charge is 2.66. The van der Waals surface area contributed by atoms with E-state index in [4.69, 9.17) is 47.9 Å². The zero-order chi connectivity index (χ0) is 49.7. The maximum atomic E-state index is 15.2. The minimum absolute atomic E-state index is 0.00748. The number of unbranched alkanes of at least 4 members (excludes halogenated alkanes) is 2. The largest absolute Gasteiger partial charge is 0.459 e. The van der Waals surface area contributed by atoms with Crippen molar-refractivity contribution in [2.75, 3.05) is 52.7 Å². The lowest BCUT2D eigenvalue weighted by Crippen LogP contribution is -2.70. The number of nitrogens with zero attached hydrogens (tertiary/aromatic N) is 2. The van der Waals surface area contributed by atoms with Gasteiger partial charge in [-0.2, -0.15) is 0 Å². The summed E-state index contributed by atoms with van der Waals surface area (Å²) >= 11 is 1.67. The first-order chi connectivity index (χ1) is 35.4. The van der Waals surface area contributed by atoms with Gasteiger partial charge in [0.1, 0.15) is 29.9 Å². The summed E-state index contributed by atoms with van der Waals surface area (Å²) in [5, 5.41) is 25.2. The molecule has 384 valence electrons. The average molecular weight is 1010 g/mol. The number of rotatable bonds is 24. The van der Waals surface area contributed by atoms with Crippen molar-refractivity contribution in [3.63, 3.8) is 0 Å². The van der Waals surface area contributed by atoms with Gasteiger partial charge in [0.25, 0.3) is 0 Å². The van der Waals surface area contributed by atoms with Crippen LogP contribution in [-0.2, 0) is 36.9 Å². The fourth-order valence-corrected chi connectivity index (χ4v) is 11.4. The second kappa shape index (κ2) is 24.9. The molecule has 14 nitrogen and oxygen atoms in total. The molecule has 9 rings (SSSR count). The fourth-order valence-electron chi connectivity index (χ4n) is 11.0. The van der Waals surface area contributed by atoms with Gasteiger partial charge in [-0.05, 0) is 128 Å². The maximum Gasteiger partial charge on any atom is 0.410 e. The summed E-state index contributed by atoms with van der Waals surface area (Å²) in [5.41, 5.74) is 4.31. The minimum Gasteiger partial charge on any atom is -0.459 e. The van der Waals surface area contributed by atoms with Crippen molar-refractivity contribution in [2.24, 2.45) is 22.9 Å². The standard InChI is InChI=1S/C57H68N2O12S/c1-3-28-68-57-52(59(36-40-18-24-50-51(32-40)67-38-66-50)56(62)65-31-30-63-37-39-13-5-4-6-14-39)35-48(58-71-53-17-9-12-29-64-53)46-33-41(15-7-10-26-60)45(16-8-11-27-61)54(55(46)57)47-34-43(21-25-49(47)70-57)69-42-19-22-44(72-2)23-20-42/h3-6,13-14,18-25,32-34,41,45,52-55,60-61H,1,7-12,15-17,26-31,35-38H2,2H3/t41-,45+,52-,53?,54+,55+,57+/m0/s1. The summed E-state index contributed by atoms with van der Waals surface area (Å²) in [5.74, 6) is 0.858. The van der Waals surface area contributed by atoms with Crippen LogP contribution in [0.5, 0.6) is 28.7 Å². The van der Waals surface area contributed by atoms with Crippen LogP contribution in [0.25, 0.3) is 0 Å². The summed E-state index contributed by atoms with van der Waals surface area (Å²) in [7, 11) is 0. The third-order valence-electron chi connectivity index (χ3n) is 14.3. The number of ether oxygens (including phenoxy) is 8. The van der Waals surface area contributed by atoms with E-state index in [2.05, 4.69) is 18.7 Å². The molecule has 5 aliphatic rings. The molecule has 3 aliphatic heterocycles. The number of fused-ring (bicyclic) bond motifs is 3. The van der Waals surface area contributed by atoms with Crippen molar-refractivity contribution in [1.82, 2.24) is 4.90 Å². The van der Waals surface area contributed by atoms with Crippen LogP contribution in [-0.4, -0.2) is 97.7 Å². The number of aliphatic hydroxyl groups is 2. The Morgan fingerprint density at radius 3 is 2.46 bits per heavy atom. The van der Waals surface area contributed by atoms with Crippen molar-refractivity contribution >= 4 is 23.6 Å². The smallest absolute Gasteiger partial charge is 0.410 e. The molecule has 0 aromatic heterocycles. The van der Waals surface area contributed by atoms with E-state index in [9.17, 15) is 10.2 Å². The molecule has 1 amide bonds. The molecule has 4 aromatic carbocycles. The number of amides is 1. The Kier molecular flexibility index (Phi) is 17.8. The highest BCUT2D eigenvalue weighted by atomic mass is 32.2. The molecule has 2 N–H and O–H groups in total. The van der Waals surface area contributed by atoms with Crippen molar-refractivity contribution in [3.8, 4) is 28.7 Å². The normalized spacial score (nSPS) is 24.3. The van der Waals surface area contributed by atoms with E-state index >= 15 is 4.79 Å². The van der Waals surface area contributed by atoms with E-state index in [1.165, 1.54) is 0 Å². The Morgan fingerprint density at radius 1 is 0.889 bits per heavy atom. The van der Waals surface area contributed by atoms with Crippen LogP contribution in [0.3, 0.4) is 0 Å². The summed E-state index contributed by atoms with van der Waals surface area (Å²) in [6, 6.07) is 28.7. The Hall–Kier alpha value is -5.55. The van der Waals surface area contributed by atoms with Crippen molar-refractivity contribution in [1.29, 1.82) is 0 Å². The number of thioether (sulfide) groups is 1. The second-order valence-electron chi connectivity index (χ2n) is 18.9. The van der Waals surface area contributed by atoms with Crippen LogP contribution in [0.15, 0.2) is 125 Å². The highest BCUT2D eigenvalue weighted by molar-refractivity contribution is 7.98. The summed E-state index contributed by atoms with van der Waals surface area (Å²) in [6.45, 7) is 5.66. The topological polar surface area (TPSA) is 156 Å². The quantitative estimate of drug-likeness (QED) is 0.0296. The summed E-state index contributed by atoms with van der Waals surface area (Å²) < 4.78 is 51.1. The van der Waals surface area contributed by atoms with Gasteiger partial charge in [0.05, 0.1) is 38.1 Å². The zero-order valence-corrected chi connectivity index (χ0v) is 42.0. The SMILES string of the molecule is C=CCO[C@@]12Oc3ccc(Oc4ccc(SC)cc4)cc3[C@H]3[C@H](CCCCO)[C@@H](CCCCO)C=C(C(=NOC4CCCCO4)C[C@@H]1N(Cc1ccc4c(c1)OCO4)C(=O)OCCOCc1ccccc1)[C@H]32. The van der Waals surface area contributed by atoms with Gasteiger partial charge in [-0.1, -0.05) is 66.5 Å². The number of hydrogen-bond acceptors (Lipinski definition) is 14. The number of carbonyl (C=O) groups is 1. The molecule has 72 heavy (non-hydrogen) atoms. The van der Waals surface area contributed by atoms with Gasteiger partial charge in [0.2, 0.25) is 18.9 Å². The Bertz CT molecular complexity index is 2480. The van der Waals surface area contributed by atoms with Gasteiger partial charge in [0.15, 0.2) is 11.5 Å². The van der Waals surface area contributed by atoms with Gasteiger partial charge in [-0.15, -0.1) is 18.3 Å². The van der Waals surface area contributed by atoms with Crippen molar-refractivity contribution in [2.45, 2.75) is 106 Å². The molecule has 2 fully saturated rings. The fraction of sp³-hybridized carbons (Fsp3) is 0.474. The lowest BCUT2D eigenvalue weighted by atomic mass is 9.55. The van der Waals surface area contributed by atoms with Crippen LogP contribution in [0, 0.1) is 17.8 Å². The monoisotopic (exact) mass is 1000 g/mol. The minimum atomic E-state index is -1.53. The first-order valence-electron chi connectivity index (χ1n) is 25.5. The second-order valence-corrected chi connectivity index (χ2v) is 19.8. The average Bonchev–Trinajstić information content (AvgIpc) is 3.89. The molecule has 4 aromatic rings. The molecular weight excluding hydrogens is 937 g/mol. The van der Waals surface area contributed by atoms with Crippen LogP contribution < -0.4 is 18.9 Å². The molecule has 0 radical (unpaired) electrons. The Morgan fingerprint density at radius 2 is 1.68 bits per heavy atom. The highest BCUT2D eigenvalue weighted by Crippen LogP contribution is 2.62. The molecule has 0 spiro atoms. The Labute approximate surface area is 427 Å². The lowest BCUT2D eigenvalue weighted by Gasteiger charge is -2.59. The Balaban J connectivity index is 1.18. The number of benzene rings is 4. The molecule has 2 aliphatic carbocycles. The predicted molar refractivity (Wildman–Crippen MR) is 273 cm³/mol. The third kappa shape index (κ3) is 11.9. The number of oxime groups is 1. The third-order valence-corrected chi connectivity index (χ3v) is 15.1. The van der Waals surface area contributed by atoms with E-state index in [1.54, 1.807) is 22.7 Å². The van der Waals surface area contributed by atoms with Gasteiger partial charge in [-0.3, -0.25) is 4.90 Å². The molecule has 15 heteroatoms. The van der Waals surface area contributed by atoms with E-state index in [0.29, 0.717) is 66.9 Å². The summed E-state index contributed by atoms with van der Waals surface area (Å²) in [6.07, 6.45) is 12.2. The number of hydrogen-bond donors (Lipinski definition) is 2. The van der Waals surface area contributed by atoms with Crippen molar-refractivity contribution < 1.29 is 57.7 Å². The number of carbonyl (C=O) groups excluding carboxylic acids is 1. The molecule has 1 saturated heterocycles. The van der Waals surface area contributed by atoms with Gasteiger partial charge < -0.3 is 52.9 Å². The lowest BCUT2D eigenvalue weighted by molar-refractivity contribution is -0.256. The number of allylic oxidation sites excluding steroid dienone is 1. The molecule has 3 heterocycles. The molecule has 0 bridgehead atoms. The van der Waals surface area contributed by atoms with E-state index < -0.39 is 30.1 Å². The predicted octanol–water partition coefficient (Wildman–Crippen LogP) is 10.9.